The van der Waals surface area contributed by atoms with Crippen LogP contribution in [-0.4, -0.2) is 5.91 Å². The Hall–Kier alpha value is -2.81. The first-order valence-corrected chi connectivity index (χ1v) is 6.73. The normalized spacial score (nSPS) is 10.5. The highest BCUT2D eigenvalue weighted by Crippen LogP contribution is 2.20. The molecular weight excluding hydrogens is 262 g/mol. The van der Waals surface area contributed by atoms with Crippen molar-refractivity contribution in [2.24, 2.45) is 5.73 Å². The van der Waals surface area contributed by atoms with Gasteiger partial charge < -0.3 is 10.5 Å². The fourth-order valence-electron chi connectivity index (χ4n) is 2.29. The second kappa shape index (κ2) is 5.67. The molecule has 21 heavy (non-hydrogen) atoms. The number of primary amides is 1. The van der Waals surface area contributed by atoms with Crippen molar-refractivity contribution >= 4 is 16.7 Å². The van der Waals surface area contributed by atoms with Gasteiger partial charge in [0, 0.05) is 5.56 Å². The van der Waals surface area contributed by atoms with Crippen molar-refractivity contribution in [3.63, 3.8) is 0 Å². The first-order valence-electron chi connectivity index (χ1n) is 6.73. The van der Waals surface area contributed by atoms with Crippen LogP contribution in [0.3, 0.4) is 0 Å². The van der Waals surface area contributed by atoms with Gasteiger partial charge in [-0.3, -0.25) is 4.79 Å². The minimum Gasteiger partial charge on any atom is -0.489 e. The molecule has 3 aromatic carbocycles. The first-order chi connectivity index (χ1) is 10.2. The van der Waals surface area contributed by atoms with Gasteiger partial charge in [-0.05, 0) is 40.6 Å². The molecule has 0 aromatic heterocycles. The SMILES string of the molecule is NC(=O)c1ccc(OCc2cccc3ccccc23)cc1. The van der Waals surface area contributed by atoms with Crippen LogP contribution in [0.1, 0.15) is 15.9 Å². The van der Waals surface area contributed by atoms with Crippen molar-refractivity contribution < 1.29 is 9.53 Å². The molecule has 0 atom stereocenters. The van der Waals surface area contributed by atoms with Crippen LogP contribution in [0.15, 0.2) is 66.7 Å². The van der Waals surface area contributed by atoms with Gasteiger partial charge in [0.15, 0.2) is 0 Å². The van der Waals surface area contributed by atoms with E-state index in [2.05, 4.69) is 24.3 Å². The lowest BCUT2D eigenvalue weighted by atomic mass is 10.1. The van der Waals surface area contributed by atoms with E-state index in [-0.39, 0.29) is 0 Å². The zero-order chi connectivity index (χ0) is 14.7. The highest BCUT2D eigenvalue weighted by molar-refractivity contribution is 5.92. The molecule has 0 radical (unpaired) electrons. The Morgan fingerprint density at radius 3 is 2.38 bits per heavy atom. The lowest BCUT2D eigenvalue weighted by Crippen LogP contribution is -2.10. The Kier molecular flexibility index (Phi) is 3.56. The van der Waals surface area contributed by atoms with Gasteiger partial charge >= 0.3 is 0 Å². The molecule has 0 heterocycles. The van der Waals surface area contributed by atoms with Crippen molar-refractivity contribution in [3.05, 3.63) is 77.9 Å². The first kappa shape index (κ1) is 13.2. The third kappa shape index (κ3) is 2.87. The van der Waals surface area contributed by atoms with Gasteiger partial charge in [-0.2, -0.15) is 0 Å². The Morgan fingerprint density at radius 2 is 1.62 bits per heavy atom. The summed E-state index contributed by atoms with van der Waals surface area (Å²) in [5, 5.41) is 2.39. The molecule has 0 saturated heterocycles. The summed E-state index contributed by atoms with van der Waals surface area (Å²) in [6, 6.07) is 21.2. The molecule has 1 amide bonds. The summed E-state index contributed by atoms with van der Waals surface area (Å²) in [7, 11) is 0. The standard InChI is InChI=1S/C18H15NO2/c19-18(20)14-8-10-16(11-9-14)21-12-15-6-3-5-13-4-1-2-7-17(13)15/h1-11H,12H2,(H2,19,20). The predicted molar refractivity (Wildman–Crippen MR) is 83.2 cm³/mol. The number of carbonyl (C=O) groups is 1. The summed E-state index contributed by atoms with van der Waals surface area (Å²) in [6.45, 7) is 0.483. The van der Waals surface area contributed by atoms with Gasteiger partial charge in [-0.15, -0.1) is 0 Å². The molecule has 0 aliphatic carbocycles. The molecule has 3 aromatic rings. The Bertz CT molecular complexity index is 773. The van der Waals surface area contributed by atoms with Crippen molar-refractivity contribution in [2.45, 2.75) is 6.61 Å². The third-order valence-corrected chi connectivity index (χ3v) is 3.41. The van der Waals surface area contributed by atoms with Gasteiger partial charge in [0.1, 0.15) is 12.4 Å². The monoisotopic (exact) mass is 277 g/mol. The summed E-state index contributed by atoms with van der Waals surface area (Å²) in [6.07, 6.45) is 0. The van der Waals surface area contributed by atoms with Crippen LogP contribution in [0.5, 0.6) is 5.75 Å². The van der Waals surface area contributed by atoms with Gasteiger partial charge in [-0.1, -0.05) is 42.5 Å². The number of fused-ring (bicyclic) bond motifs is 1. The molecular formula is C18H15NO2. The van der Waals surface area contributed by atoms with E-state index in [1.165, 1.54) is 10.8 Å². The van der Waals surface area contributed by atoms with Crippen LogP contribution >= 0.6 is 0 Å². The minimum absolute atomic E-state index is 0.435. The average Bonchev–Trinajstić information content (AvgIpc) is 2.53. The summed E-state index contributed by atoms with van der Waals surface area (Å²) in [5.41, 5.74) is 6.82. The maximum absolute atomic E-state index is 11.0. The number of carbonyl (C=O) groups excluding carboxylic acids is 1. The minimum atomic E-state index is -0.435. The van der Waals surface area contributed by atoms with E-state index in [4.69, 9.17) is 10.5 Å². The highest BCUT2D eigenvalue weighted by atomic mass is 16.5. The summed E-state index contributed by atoms with van der Waals surface area (Å²) < 4.78 is 5.78. The van der Waals surface area contributed by atoms with Gasteiger partial charge in [0.05, 0.1) is 0 Å². The topological polar surface area (TPSA) is 52.3 Å². The maximum atomic E-state index is 11.0. The molecule has 3 nitrogen and oxygen atoms in total. The Morgan fingerprint density at radius 1 is 0.905 bits per heavy atom. The van der Waals surface area contributed by atoms with Crippen LogP contribution in [0.4, 0.5) is 0 Å². The van der Waals surface area contributed by atoms with Crippen molar-refractivity contribution in [1.29, 1.82) is 0 Å². The molecule has 3 rings (SSSR count). The van der Waals surface area contributed by atoms with Crippen LogP contribution in [-0.2, 0) is 6.61 Å². The lowest BCUT2D eigenvalue weighted by molar-refractivity contribution is 0.100. The van der Waals surface area contributed by atoms with Crippen LogP contribution in [0, 0.1) is 0 Å². The van der Waals surface area contributed by atoms with Crippen molar-refractivity contribution in [1.82, 2.24) is 0 Å². The van der Waals surface area contributed by atoms with Gasteiger partial charge in [-0.25, -0.2) is 0 Å². The van der Waals surface area contributed by atoms with E-state index < -0.39 is 5.91 Å². The quantitative estimate of drug-likeness (QED) is 0.793. The van der Waals surface area contributed by atoms with E-state index in [0.29, 0.717) is 17.9 Å². The molecule has 0 aliphatic heterocycles. The van der Waals surface area contributed by atoms with Crippen LogP contribution in [0.25, 0.3) is 10.8 Å². The number of amides is 1. The van der Waals surface area contributed by atoms with Crippen molar-refractivity contribution in [2.75, 3.05) is 0 Å². The molecule has 3 heteroatoms. The number of hydrogen-bond acceptors (Lipinski definition) is 2. The Labute approximate surface area is 123 Å². The van der Waals surface area contributed by atoms with E-state index in [9.17, 15) is 4.79 Å². The van der Waals surface area contributed by atoms with E-state index in [0.717, 1.165) is 5.56 Å². The van der Waals surface area contributed by atoms with Gasteiger partial charge in [0.2, 0.25) is 5.91 Å². The molecule has 0 fully saturated rings. The van der Waals surface area contributed by atoms with E-state index >= 15 is 0 Å². The number of benzene rings is 3. The van der Waals surface area contributed by atoms with Crippen LogP contribution < -0.4 is 10.5 Å². The zero-order valence-corrected chi connectivity index (χ0v) is 11.5. The molecule has 0 bridgehead atoms. The molecule has 0 spiro atoms. The van der Waals surface area contributed by atoms with Crippen LogP contribution in [0.2, 0.25) is 0 Å². The molecule has 104 valence electrons. The largest absolute Gasteiger partial charge is 0.489 e. The third-order valence-electron chi connectivity index (χ3n) is 3.41. The second-order valence-corrected chi connectivity index (χ2v) is 4.82. The smallest absolute Gasteiger partial charge is 0.248 e. The lowest BCUT2D eigenvalue weighted by Gasteiger charge is -2.09. The fourth-order valence-corrected chi connectivity index (χ4v) is 2.29. The van der Waals surface area contributed by atoms with Gasteiger partial charge in [0.25, 0.3) is 0 Å². The van der Waals surface area contributed by atoms with E-state index in [1.54, 1.807) is 24.3 Å². The number of ether oxygens (including phenoxy) is 1. The molecule has 2 N–H and O–H groups in total. The van der Waals surface area contributed by atoms with Crippen molar-refractivity contribution in [3.8, 4) is 5.75 Å². The Balaban J connectivity index is 1.79. The van der Waals surface area contributed by atoms with E-state index in [1.807, 2.05) is 18.2 Å². The zero-order valence-electron chi connectivity index (χ0n) is 11.5. The maximum Gasteiger partial charge on any atom is 0.248 e. The number of rotatable bonds is 4. The summed E-state index contributed by atoms with van der Waals surface area (Å²) in [4.78, 5) is 11.0. The fraction of sp³-hybridized carbons (Fsp3) is 0.0556. The average molecular weight is 277 g/mol. The second-order valence-electron chi connectivity index (χ2n) is 4.82. The summed E-state index contributed by atoms with van der Waals surface area (Å²) in [5.74, 6) is 0.281. The predicted octanol–water partition coefficient (Wildman–Crippen LogP) is 3.52. The number of nitrogens with two attached hydrogens (primary N) is 1. The summed E-state index contributed by atoms with van der Waals surface area (Å²) >= 11 is 0. The molecule has 0 unspecified atom stereocenters. The molecule has 0 aliphatic rings. The molecule has 0 saturated carbocycles. The number of hydrogen-bond donors (Lipinski definition) is 1. The highest BCUT2D eigenvalue weighted by Gasteiger charge is 2.03.